The molecule has 1 N–H and O–H groups in total. The Bertz CT molecular complexity index is 335. The molecule has 1 rings (SSSR count). The number of Topliss-reactive ketones (excluding diaryl/α,β-unsaturated/α-hetero) is 1. The Balaban J connectivity index is 2.54. The first-order valence-corrected chi connectivity index (χ1v) is 4.82. The van der Waals surface area contributed by atoms with Gasteiger partial charge in [0.05, 0.1) is 15.8 Å². The van der Waals surface area contributed by atoms with Crippen molar-refractivity contribution in [3.05, 3.63) is 21.3 Å². The molecule has 0 saturated carbocycles. The average Bonchev–Trinajstić information content (AvgIpc) is 2.47. The van der Waals surface area contributed by atoms with E-state index in [1.54, 1.807) is 12.1 Å². The highest BCUT2D eigenvalue weighted by Gasteiger charge is 2.07. The highest BCUT2D eigenvalue weighted by molar-refractivity contribution is 7.17. The van der Waals surface area contributed by atoms with E-state index in [2.05, 4.69) is 5.32 Å². The highest BCUT2D eigenvalue weighted by atomic mass is 35.5. The van der Waals surface area contributed by atoms with Crippen molar-refractivity contribution in [3.8, 4) is 0 Å². The van der Waals surface area contributed by atoms with Crippen LogP contribution < -0.4 is 5.32 Å². The Kier molecular flexibility index (Phi) is 3.45. The number of rotatable bonds is 3. The third kappa shape index (κ3) is 3.16. The molecule has 1 aromatic rings. The summed E-state index contributed by atoms with van der Waals surface area (Å²) in [4.78, 5) is 22.3. The maximum absolute atomic E-state index is 11.3. The lowest BCUT2D eigenvalue weighted by Crippen LogP contribution is -2.27. The number of carbonyl (C=O) groups excluding carboxylic acids is 2. The van der Waals surface area contributed by atoms with Crippen LogP contribution in [0.4, 0.5) is 0 Å². The third-order valence-corrected chi connectivity index (χ3v) is 2.52. The molecule has 0 aliphatic carbocycles. The van der Waals surface area contributed by atoms with Crippen molar-refractivity contribution >= 4 is 34.6 Å². The number of ketones is 1. The summed E-state index contributed by atoms with van der Waals surface area (Å²) in [5.74, 6) is -0.330. The van der Waals surface area contributed by atoms with Crippen LogP contribution in [0.15, 0.2) is 12.1 Å². The predicted molar refractivity (Wildman–Crippen MR) is 52.3 cm³/mol. The van der Waals surface area contributed by atoms with Crippen LogP contribution in [0.5, 0.6) is 0 Å². The topological polar surface area (TPSA) is 46.2 Å². The second-order valence-corrected chi connectivity index (χ2v) is 4.20. The van der Waals surface area contributed by atoms with Gasteiger partial charge in [0.1, 0.15) is 5.78 Å². The maximum atomic E-state index is 11.3. The number of carbonyl (C=O) groups is 2. The van der Waals surface area contributed by atoms with Gasteiger partial charge in [-0.3, -0.25) is 9.59 Å². The van der Waals surface area contributed by atoms with E-state index in [4.69, 9.17) is 11.6 Å². The van der Waals surface area contributed by atoms with E-state index in [0.29, 0.717) is 9.21 Å². The summed E-state index contributed by atoms with van der Waals surface area (Å²) in [6.45, 7) is 1.48. The summed E-state index contributed by atoms with van der Waals surface area (Å²) in [7, 11) is 0. The van der Waals surface area contributed by atoms with E-state index in [1.807, 2.05) is 0 Å². The lowest BCUT2D eigenvalue weighted by Gasteiger charge is -1.98. The van der Waals surface area contributed by atoms with Crippen molar-refractivity contribution in [2.45, 2.75) is 6.92 Å². The van der Waals surface area contributed by atoms with Crippen molar-refractivity contribution in [2.75, 3.05) is 6.54 Å². The van der Waals surface area contributed by atoms with Gasteiger partial charge in [0.15, 0.2) is 0 Å². The summed E-state index contributed by atoms with van der Waals surface area (Å²) in [6, 6.07) is 3.28. The summed E-state index contributed by atoms with van der Waals surface area (Å²) in [5, 5.41) is 2.48. The zero-order valence-corrected chi connectivity index (χ0v) is 8.54. The molecule has 0 bridgehead atoms. The van der Waals surface area contributed by atoms with E-state index in [0.717, 1.165) is 0 Å². The van der Waals surface area contributed by atoms with Gasteiger partial charge in [0.25, 0.3) is 5.91 Å². The van der Waals surface area contributed by atoms with Crippen LogP contribution >= 0.6 is 22.9 Å². The standard InChI is InChI=1S/C8H8ClNO2S/c1-5(11)4-10-8(12)6-2-3-7(9)13-6/h2-3H,4H2,1H3,(H,10,12). The number of hydrogen-bond acceptors (Lipinski definition) is 3. The first-order chi connectivity index (χ1) is 6.09. The van der Waals surface area contributed by atoms with Gasteiger partial charge in [-0.05, 0) is 19.1 Å². The van der Waals surface area contributed by atoms with Gasteiger partial charge < -0.3 is 5.32 Å². The van der Waals surface area contributed by atoms with Gasteiger partial charge in [-0.2, -0.15) is 0 Å². The normalized spacial score (nSPS) is 9.69. The van der Waals surface area contributed by atoms with Crippen LogP contribution in [0.1, 0.15) is 16.6 Å². The Morgan fingerprint density at radius 1 is 1.54 bits per heavy atom. The van der Waals surface area contributed by atoms with Crippen LogP contribution in [0.3, 0.4) is 0 Å². The molecule has 0 unspecified atom stereocenters. The number of halogens is 1. The molecule has 0 saturated heterocycles. The van der Waals surface area contributed by atoms with Crippen molar-refractivity contribution in [3.63, 3.8) is 0 Å². The van der Waals surface area contributed by atoms with Crippen molar-refractivity contribution < 1.29 is 9.59 Å². The smallest absolute Gasteiger partial charge is 0.261 e. The number of amides is 1. The zero-order chi connectivity index (χ0) is 9.84. The second kappa shape index (κ2) is 4.39. The zero-order valence-electron chi connectivity index (χ0n) is 6.96. The van der Waals surface area contributed by atoms with Crippen molar-refractivity contribution in [1.82, 2.24) is 5.32 Å². The van der Waals surface area contributed by atoms with Gasteiger partial charge in [0, 0.05) is 0 Å². The summed E-state index contributed by atoms with van der Waals surface area (Å²) < 4.78 is 0.563. The molecule has 13 heavy (non-hydrogen) atoms. The molecule has 0 spiro atoms. The number of nitrogens with one attached hydrogen (secondary N) is 1. The largest absolute Gasteiger partial charge is 0.344 e. The van der Waals surface area contributed by atoms with Crippen molar-refractivity contribution in [1.29, 1.82) is 0 Å². The molecule has 0 fully saturated rings. The van der Waals surface area contributed by atoms with Crippen LogP contribution in [-0.2, 0) is 4.79 Å². The molecular weight excluding hydrogens is 210 g/mol. The molecule has 0 aliphatic heterocycles. The van der Waals surface area contributed by atoms with Crippen LogP contribution in [0.2, 0.25) is 4.34 Å². The SMILES string of the molecule is CC(=O)CNC(=O)c1ccc(Cl)s1. The Labute approximate surface area is 84.7 Å². The maximum Gasteiger partial charge on any atom is 0.261 e. The Morgan fingerprint density at radius 3 is 2.69 bits per heavy atom. The fourth-order valence-corrected chi connectivity index (χ4v) is 1.69. The average molecular weight is 218 g/mol. The lowest BCUT2D eigenvalue weighted by atomic mass is 10.4. The second-order valence-electron chi connectivity index (χ2n) is 2.49. The van der Waals surface area contributed by atoms with Crippen LogP contribution in [0, 0.1) is 0 Å². The molecule has 1 amide bonds. The fraction of sp³-hybridized carbons (Fsp3) is 0.250. The summed E-state index contributed by atoms with van der Waals surface area (Å²) >= 11 is 6.83. The molecule has 0 atom stereocenters. The molecular formula is C8H8ClNO2S. The van der Waals surface area contributed by atoms with Gasteiger partial charge >= 0.3 is 0 Å². The Morgan fingerprint density at radius 2 is 2.23 bits per heavy atom. The van der Waals surface area contributed by atoms with E-state index >= 15 is 0 Å². The van der Waals surface area contributed by atoms with E-state index in [-0.39, 0.29) is 18.2 Å². The fourth-order valence-electron chi connectivity index (χ4n) is 0.728. The highest BCUT2D eigenvalue weighted by Crippen LogP contribution is 2.20. The minimum atomic E-state index is -0.257. The van der Waals surface area contributed by atoms with E-state index in [1.165, 1.54) is 18.3 Å². The van der Waals surface area contributed by atoms with Crippen LogP contribution in [0.25, 0.3) is 0 Å². The predicted octanol–water partition coefficient (Wildman–Crippen LogP) is 1.72. The molecule has 0 aliphatic rings. The first-order valence-electron chi connectivity index (χ1n) is 3.62. The molecule has 3 nitrogen and oxygen atoms in total. The molecule has 70 valence electrons. The van der Waals surface area contributed by atoms with Gasteiger partial charge in [-0.1, -0.05) is 11.6 Å². The van der Waals surface area contributed by atoms with Crippen LogP contribution in [-0.4, -0.2) is 18.2 Å². The monoisotopic (exact) mass is 217 g/mol. The molecule has 1 heterocycles. The Hall–Kier alpha value is -0.870. The van der Waals surface area contributed by atoms with Gasteiger partial charge in [-0.25, -0.2) is 0 Å². The quantitative estimate of drug-likeness (QED) is 0.838. The minimum absolute atomic E-state index is 0.0638. The molecule has 0 radical (unpaired) electrons. The van der Waals surface area contributed by atoms with E-state index in [9.17, 15) is 9.59 Å². The molecule has 0 aromatic carbocycles. The number of thiophene rings is 1. The third-order valence-electron chi connectivity index (χ3n) is 1.29. The van der Waals surface area contributed by atoms with Crippen molar-refractivity contribution in [2.24, 2.45) is 0 Å². The summed E-state index contributed by atoms with van der Waals surface area (Å²) in [5.41, 5.74) is 0. The lowest BCUT2D eigenvalue weighted by molar-refractivity contribution is -0.116. The minimum Gasteiger partial charge on any atom is -0.344 e. The summed E-state index contributed by atoms with van der Waals surface area (Å²) in [6.07, 6.45) is 0. The molecule has 5 heteroatoms. The van der Waals surface area contributed by atoms with E-state index < -0.39 is 0 Å². The molecule has 1 aromatic heterocycles. The van der Waals surface area contributed by atoms with Gasteiger partial charge in [-0.15, -0.1) is 11.3 Å². The first kappa shape index (κ1) is 10.2. The van der Waals surface area contributed by atoms with Gasteiger partial charge in [0.2, 0.25) is 0 Å². The number of hydrogen-bond donors (Lipinski definition) is 1.